The highest BCUT2D eigenvalue weighted by Crippen LogP contribution is 2.29. The molecule has 0 aliphatic rings. The molecule has 0 unspecified atom stereocenters. The average Bonchev–Trinajstić information content (AvgIpc) is 2.75. The Labute approximate surface area is 110 Å². The van der Waals surface area contributed by atoms with E-state index in [1.807, 2.05) is 17.3 Å². The second kappa shape index (κ2) is 4.82. The molecule has 94 valence electrons. The van der Waals surface area contributed by atoms with Crippen molar-refractivity contribution in [2.75, 3.05) is 11.9 Å². The number of rotatable bonds is 3. The summed E-state index contributed by atoms with van der Waals surface area (Å²) in [5, 5.41) is 10.8. The molecule has 0 fully saturated rings. The summed E-state index contributed by atoms with van der Waals surface area (Å²) in [5.41, 5.74) is 4.38. The molecule has 1 aromatic carbocycles. The van der Waals surface area contributed by atoms with Crippen LogP contribution >= 0.6 is 11.3 Å². The van der Waals surface area contributed by atoms with Crippen molar-refractivity contribution in [3.63, 3.8) is 0 Å². The first-order valence-electron chi connectivity index (χ1n) is 5.61. The van der Waals surface area contributed by atoms with E-state index in [1.165, 1.54) is 22.5 Å². The van der Waals surface area contributed by atoms with Crippen molar-refractivity contribution in [1.29, 1.82) is 0 Å². The first-order valence-corrected chi connectivity index (χ1v) is 6.49. The van der Waals surface area contributed by atoms with E-state index in [1.54, 1.807) is 6.07 Å². The number of hydrogen-bond donors (Lipinski definition) is 1. The lowest BCUT2D eigenvalue weighted by Gasteiger charge is -2.19. The van der Waals surface area contributed by atoms with Gasteiger partial charge in [-0.15, -0.1) is 11.3 Å². The van der Waals surface area contributed by atoms with Crippen LogP contribution in [0.4, 0.5) is 11.4 Å². The average molecular weight is 261 g/mol. The summed E-state index contributed by atoms with van der Waals surface area (Å²) in [6, 6.07) is 7.99. The molecule has 0 atom stereocenters. The van der Waals surface area contributed by atoms with Gasteiger partial charge in [0.2, 0.25) is 0 Å². The van der Waals surface area contributed by atoms with E-state index in [9.17, 15) is 4.79 Å². The molecular formula is C14H15NO2S. The summed E-state index contributed by atoms with van der Waals surface area (Å²) in [6.07, 6.45) is 0. The van der Waals surface area contributed by atoms with Crippen LogP contribution in [0.25, 0.3) is 0 Å². The van der Waals surface area contributed by atoms with Gasteiger partial charge in [-0.3, -0.25) is 0 Å². The van der Waals surface area contributed by atoms with Gasteiger partial charge in [-0.1, -0.05) is 6.07 Å². The summed E-state index contributed by atoms with van der Waals surface area (Å²) in [5.74, 6) is -0.875. The monoisotopic (exact) mass is 261 g/mol. The zero-order valence-electron chi connectivity index (χ0n) is 10.6. The topological polar surface area (TPSA) is 40.5 Å². The Morgan fingerprint density at radius 3 is 2.22 bits per heavy atom. The van der Waals surface area contributed by atoms with Crippen LogP contribution in [-0.2, 0) is 0 Å². The van der Waals surface area contributed by atoms with E-state index in [0.717, 1.165) is 11.4 Å². The van der Waals surface area contributed by atoms with Crippen LogP contribution in [0, 0.1) is 13.8 Å². The highest BCUT2D eigenvalue weighted by molar-refractivity contribution is 7.12. The second-order valence-electron chi connectivity index (χ2n) is 4.38. The van der Waals surface area contributed by atoms with E-state index in [-0.39, 0.29) is 0 Å². The van der Waals surface area contributed by atoms with Crippen LogP contribution in [0.1, 0.15) is 20.8 Å². The van der Waals surface area contributed by atoms with Crippen LogP contribution in [0.2, 0.25) is 0 Å². The highest BCUT2D eigenvalue weighted by atomic mass is 32.1. The molecule has 2 rings (SSSR count). The van der Waals surface area contributed by atoms with Crippen molar-refractivity contribution in [2.45, 2.75) is 13.8 Å². The van der Waals surface area contributed by atoms with E-state index in [4.69, 9.17) is 5.11 Å². The number of carbonyl (C=O) groups is 1. The summed E-state index contributed by atoms with van der Waals surface area (Å²) < 4.78 is 0. The number of benzene rings is 1. The lowest BCUT2D eigenvalue weighted by atomic mass is 10.1. The minimum absolute atomic E-state index is 0.362. The fourth-order valence-corrected chi connectivity index (χ4v) is 2.67. The Morgan fingerprint density at radius 1 is 1.11 bits per heavy atom. The molecule has 0 spiro atoms. The SMILES string of the molecule is Cc1cc(C)cc(N(C)c2csc(C(=O)O)c2)c1. The van der Waals surface area contributed by atoms with Gasteiger partial charge in [0.1, 0.15) is 4.88 Å². The van der Waals surface area contributed by atoms with Crippen LogP contribution in [0.3, 0.4) is 0 Å². The van der Waals surface area contributed by atoms with E-state index >= 15 is 0 Å². The summed E-state index contributed by atoms with van der Waals surface area (Å²) in [4.78, 5) is 13.2. The van der Waals surface area contributed by atoms with Gasteiger partial charge >= 0.3 is 5.97 Å². The normalized spacial score (nSPS) is 10.4. The van der Waals surface area contributed by atoms with E-state index in [0.29, 0.717) is 4.88 Å². The van der Waals surface area contributed by atoms with Crippen molar-refractivity contribution >= 4 is 28.7 Å². The van der Waals surface area contributed by atoms with Crippen molar-refractivity contribution in [2.24, 2.45) is 0 Å². The van der Waals surface area contributed by atoms with Gasteiger partial charge in [0.05, 0.1) is 5.69 Å². The van der Waals surface area contributed by atoms with Crippen LogP contribution < -0.4 is 4.90 Å². The van der Waals surface area contributed by atoms with Gasteiger partial charge in [-0.05, 0) is 43.2 Å². The molecule has 0 saturated heterocycles. The molecule has 18 heavy (non-hydrogen) atoms. The third-order valence-corrected chi connectivity index (χ3v) is 3.68. The Kier molecular flexibility index (Phi) is 3.39. The predicted molar refractivity (Wildman–Crippen MR) is 75.3 cm³/mol. The van der Waals surface area contributed by atoms with Crippen molar-refractivity contribution in [3.05, 3.63) is 45.6 Å². The molecule has 1 heterocycles. The summed E-state index contributed by atoms with van der Waals surface area (Å²) in [7, 11) is 1.95. The van der Waals surface area contributed by atoms with Crippen molar-refractivity contribution in [1.82, 2.24) is 0 Å². The molecule has 0 bridgehead atoms. The highest BCUT2D eigenvalue weighted by Gasteiger charge is 2.11. The van der Waals surface area contributed by atoms with Crippen LogP contribution in [0.5, 0.6) is 0 Å². The first-order chi connectivity index (χ1) is 8.47. The lowest BCUT2D eigenvalue weighted by molar-refractivity contribution is 0.0702. The zero-order chi connectivity index (χ0) is 13.3. The summed E-state index contributed by atoms with van der Waals surface area (Å²) >= 11 is 1.25. The van der Waals surface area contributed by atoms with Gasteiger partial charge in [-0.25, -0.2) is 4.79 Å². The second-order valence-corrected chi connectivity index (χ2v) is 5.29. The summed E-state index contributed by atoms with van der Waals surface area (Å²) in [6.45, 7) is 4.11. The molecule has 0 aliphatic carbocycles. The maximum absolute atomic E-state index is 10.9. The molecule has 0 amide bonds. The molecular weight excluding hydrogens is 246 g/mol. The molecule has 1 N–H and O–H groups in total. The molecule has 0 radical (unpaired) electrons. The maximum Gasteiger partial charge on any atom is 0.345 e. The number of aromatic carboxylic acids is 1. The van der Waals surface area contributed by atoms with E-state index in [2.05, 4.69) is 32.0 Å². The van der Waals surface area contributed by atoms with Crippen molar-refractivity contribution in [3.8, 4) is 0 Å². The van der Waals surface area contributed by atoms with Gasteiger partial charge in [-0.2, -0.15) is 0 Å². The Balaban J connectivity index is 2.34. The van der Waals surface area contributed by atoms with E-state index < -0.39 is 5.97 Å². The number of carboxylic acid groups (broad SMARTS) is 1. The fraction of sp³-hybridized carbons (Fsp3) is 0.214. The predicted octanol–water partition coefficient (Wildman–Crippen LogP) is 3.83. The Hall–Kier alpha value is -1.81. The number of carboxylic acids is 1. The van der Waals surface area contributed by atoms with Gasteiger partial charge < -0.3 is 10.0 Å². The number of thiophene rings is 1. The smallest absolute Gasteiger partial charge is 0.345 e. The standard InChI is InChI=1S/C14H15NO2S/c1-9-4-10(2)6-11(5-9)15(3)12-7-13(14(16)17)18-8-12/h4-8H,1-3H3,(H,16,17). The third-order valence-electron chi connectivity index (χ3n) is 2.78. The van der Waals surface area contributed by atoms with Crippen LogP contribution in [-0.4, -0.2) is 18.1 Å². The molecule has 0 saturated carbocycles. The Bertz CT molecular complexity index is 569. The van der Waals surface area contributed by atoms with Gasteiger partial charge in [0, 0.05) is 18.1 Å². The minimum atomic E-state index is -0.875. The zero-order valence-corrected chi connectivity index (χ0v) is 11.4. The number of aryl methyl sites for hydroxylation is 2. The largest absolute Gasteiger partial charge is 0.477 e. The van der Waals surface area contributed by atoms with Gasteiger partial charge in [0.15, 0.2) is 0 Å². The molecule has 0 aliphatic heterocycles. The quantitative estimate of drug-likeness (QED) is 0.912. The molecule has 4 heteroatoms. The number of anilines is 2. The number of nitrogens with zero attached hydrogens (tertiary/aromatic N) is 1. The van der Waals surface area contributed by atoms with Crippen LogP contribution in [0.15, 0.2) is 29.6 Å². The number of hydrogen-bond acceptors (Lipinski definition) is 3. The maximum atomic E-state index is 10.9. The lowest BCUT2D eigenvalue weighted by Crippen LogP contribution is -2.08. The minimum Gasteiger partial charge on any atom is -0.477 e. The third kappa shape index (κ3) is 2.54. The molecule has 1 aromatic heterocycles. The Morgan fingerprint density at radius 2 is 1.72 bits per heavy atom. The fourth-order valence-electron chi connectivity index (χ4n) is 1.91. The first kappa shape index (κ1) is 12.6. The molecule has 2 aromatic rings. The molecule has 3 nitrogen and oxygen atoms in total. The van der Waals surface area contributed by atoms with Crippen molar-refractivity contribution < 1.29 is 9.90 Å². The van der Waals surface area contributed by atoms with Gasteiger partial charge in [0.25, 0.3) is 0 Å².